The molecule has 0 saturated carbocycles. The van der Waals surface area contributed by atoms with Crippen LogP contribution in [0.3, 0.4) is 0 Å². The van der Waals surface area contributed by atoms with Gasteiger partial charge in [-0.2, -0.15) is 0 Å². The number of rotatable bonds is 14. The summed E-state index contributed by atoms with van der Waals surface area (Å²) in [5, 5.41) is 20.4. The lowest BCUT2D eigenvalue weighted by Crippen LogP contribution is -2.25. The van der Waals surface area contributed by atoms with Gasteiger partial charge in [0.05, 0.1) is 5.57 Å². The van der Waals surface area contributed by atoms with Crippen LogP contribution in [0.25, 0.3) is 0 Å². The van der Waals surface area contributed by atoms with Crippen LogP contribution in [0.2, 0.25) is 0 Å². The highest BCUT2D eigenvalue weighted by atomic mass is 16.6. The third-order valence-corrected chi connectivity index (χ3v) is 6.88. The number of aliphatic hydroxyl groups is 2. The highest BCUT2D eigenvalue weighted by molar-refractivity contribution is 5.92. The van der Waals surface area contributed by atoms with Crippen molar-refractivity contribution in [2.45, 2.75) is 38.4 Å². The van der Waals surface area contributed by atoms with E-state index in [1.54, 1.807) is 31.2 Å². The van der Waals surface area contributed by atoms with Crippen molar-refractivity contribution >= 4 is 11.9 Å². The Labute approximate surface area is 271 Å². The van der Waals surface area contributed by atoms with Gasteiger partial charge in [-0.3, -0.25) is 0 Å². The Morgan fingerprint density at radius 1 is 0.674 bits per heavy atom. The molecule has 3 rings (SSSR count). The Kier molecular flexibility index (Phi) is 14.0. The summed E-state index contributed by atoms with van der Waals surface area (Å²) in [6, 6.07) is 15.2. The highest BCUT2D eigenvalue weighted by Crippen LogP contribution is 2.33. The predicted molar refractivity (Wildman–Crippen MR) is 179 cm³/mol. The molecule has 2 aromatic rings. The number of benzene rings is 2. The van der Waals surface area contributed by atoms with Crippen LogP contribution >= 0.6 is 0 Å². The fraction of sp³-hybridized carbons (Fsp3) is 0.263. The Bertz CT molecular complexity index is 1490. The van der Waals surface area contributed by atoms with Crippen LogP contribution in [0, 0.1) is 0 Å². The van der Waals surface area contributed by atoms with E-state index in [-0.39, 0.29) is 37.4 Å². The first-order valence-electron chi connectivity index (χ1n) is 14.9. The molecule has 0 radical (unpaired) electrons. The summed E-state index contributed by atoms with van der Waals surface area (Å²) in [5.41, 5.74) is 2.38. The maximum Gasteiger partial charge on any atom is 0.338 e. The van der Waals surface area contributed by atoms with Crippen molar-refractivity contribution in [3.05, 3.63) is 144 Å². The highest BCUT2D eigenvalue weighted by Gasteiger charge is 2.23. The molecule has 0 spiro atoms. The van der Waals surface area contributed by atoms with Crippen LogP contribution in [0.15, 0.2) is 133 Å². The van der Waals surface area contributed by atoms with E-state index in [4.69, 9.17) is 18.9 Å². The SMILES string of the molecule is C=C(C)C(=O)OCC(O)COc1ccc(C(C)(C)c2ccc(OCC(O)COC(=O)C3=C/C=C\C=C/C=C\C=C/C=C\3)cc2)cc1. The molecule has 8 nitrogen and oxygen atoms in total. The molecule has 0 amide bonds. The number of ether oxygens (including phenoxy) is 4. The lowest BCUT2D eigenvalue weighted by atomic mass is 9.78. The van der Waals surface area contributed by atoms with Crippen LogP contribution in [0.5, 0.6) is 11.5 Å². The normalized spacial score (nSPS) is 18.9. The van der Waals surface area contributed by atoms with E-state index in [2.05, 4.69) is 20.4 Å². The zero-order valence-electron chi connectivity index (χ0n) is 26.5. The van der Waals surface area contributed by atoms with Crippen molar-refractivity contribution in [3.8, 4) is 11.5 Å². The Morgan fingerprint density at radius 2 is 1.11 bits per heavy atom. The van der Waals surface area contributed by atoms with E-state index in [0.29, 0.717) is 17.1 Å². The number of carbonyl (C=O) groups excluding carboxylic acids is 2. The molecule has 0 heterocycles. The quantitative estimate of drug-likeness (QED) is 0.198. The fourth-order valence-electron chi connectivity index (χ4n) is 4.09. The second kappa shape index (κ2) is 18.1. The van der Waals surface area contributed by atoms with E-state index in [0.717, 1.165) is 11.1 Å². The minimum Gasteiger partial charge on any atom is -0.491 e. The van der Waals surface area contributed by atoms with E-state index >= 15 is 0 Å². The molecular weight excluding hydrogens is 584 g/mol. The summed E-state index contributed by atoms with van der Waals surface area (Å²) in [4.78, 5) is 24.0. The molecule has 0 bridgehead atoms. The van der Waals surface area contributed by atoms with Crippen molar-refractivity contribution in [2.75, 3.05) is 26.4 Å². The molecule has 0 aliphatic heterocycles. The molecule has 8 heteroatoms. The molecule has 2 aromatic carbocycles. The van der Waals surface area contributed by atoms with E-state index in [1.165, 1.54) is 0 Å². The molecule has 0 saturated heterocycles. The first-order valence-corrected chi connectivity index (χ1v) is 14.9. The minimum atomic E-state index is -1.01. The van der Waals surface area contributed by atoms with Gasteiger partial charge in [-0.05, 0) is 54.5 Å². The summed E-state index contributed by atoms with van der Waals surface area (Å²) in [6.07, 6.45) is 17.8. The second-order valence-corrected chi connectivity index (χ2v) is 11.1. The first kappa shape index (κ1) is 35.6. The van der Waals surface area contributed by atoms with Crippen molar-refractivity contribution in [1.29, 1.82) is 0 Å². The number of hydrogen-bond acceptors (Lipinski definition) is 8. The standard InChI is InChI=1S/C38H42O8/c1-28(2)36(41)45-26-32(39)24-43-34-20-16-30(17-21-34)38(3,4)31-18-22-35(23-19-31)44-25-33(40)27-46-37(42)29-14-12-10-8-6-5-7-9-11-13-15-29/h5-23,32-33,39-40H,1,24-27H2,2-4H3/b6-5-,7-5?,8-6?,9-7-,10-8-,11-9?,12-10?,13-11-,14-12-,15-13?,29-14?,29-15+. The van der Waals surface area contributed by atoms with E-state index in [9.17, 15) is 19.8 Å². The number of aliphatic hydroxyl groups excluding tert-OH is 2. The van der Waals surface area contributed by atoms with Crippen LogP contribution < -0.4 is 9.47 Å². The van der Waals surface area contributed by atoms with Crippen LogP contribution in [-0.2, 0) is 24.5 Å². The van der Waals surface area contributed by atoms with Crippen molar-refractivity contribution in [3.63, 3.8) is 0 Å². The largest absolute Gasteiger partial charge is 0.491 e. The Morgan fingerprint density at radius 3 is 1.59 bits per heavy atom. The monoisotopic (exact) mass is 626 g/mol. The number of carbonyl (C=O) groups is 2. The van der Waals surface area contributed by atoms with Gasteiger partial charge in [0.25, 0.3) is 0 Å². The molecule has 1 aliphatic carbocycles. The maximum absolute atomic E-state index is 12.6. The summed E-state index contributed by atoms with van der Waals surface area (Å²) in [5.74, 6) is 0.0541. The summed E-state index contributed by atoms with van der Waals surface area (Å²) < 4.78 is 21.6. The minimum absolute atomic E-state index is 0.0220. The molecule has 2 atom stereocenters. The van der Waals surface area contributed by atoms with Gasteiger partial charge in [-0.1, -0.05) is 99.4 Å². The second-order valence-electron chi connectivity index (χ2n) is 11.1. The Hall–Kier alpha value is -4.92. The molecule has 0 aromatic heterocycles. The average Bonchev–Trinajstić information content (AvgIpc) is 3.04. The van der Waals surface area contributed by atoms with Gasteiger partial charge in [-0.25, -0.2) is 9.59 Å². The molecule has 46 heavy (non-hydrogen) atoms. The molecule has 2 N–H and O–H groups in total. The summed E-state index contributed by atoms with van der Waals surface area (Å²) in [7, 11) is 0. The third kappa shape index (κ3) is 11.9. The maximum atomic E-state index is 12.6. The van der Waals surface area contributed by atoms with Gasteiger partial charge in [0.1, 0.15) is 50.1 Å². The number of allylic oxidation sites excluding steroid dienone is 10. The van der Waals surface area contributed by atoms with Gasteiger partial charge in [0, 0.05) is 11.0 Å². The van der Waals surface area contributed by atoms with Crippen LogP contribution in [0.4, 0.5) is 0 Å². The molecule has 2 unspecified atom stereocenters. The van der Waals surface area contributed by atoms with Gasteiger partial charge >= 0.3 is 11.9 Å². The summed E-state index contributed by atoms with van der Waals surface area (Å²) in [6.45, 7) is 8.80. The molecular formula is C38H42O8. The third-order valence-electron chi connectivity index (χ3n) is 6.88. The fourth-order valence-corrected chi connectivity index (χ4v) is 4.09. The molecule has 1 aliphatic rings. The predicted octanol–water partition coefficient (Wildman–Crippen LogP) is 5.88. The van der Waals surface area contributed by atoms with Gasteiger partial charge in [0.15, 0.2) is 0 Å². The smallest absolute Gasteiger partial charge is 0.338 e. The molecule has 0 fully saturated rings. The van der Waals surface area contributed by atoms with Gasteiger partial charge in [-0.15, -0.1) is 0 Å². The zero-order chi connectivity index (χ0) is 33.4. The first-order chi connectivity index (χ1) is 22.1. The van der Waals surface area contributed by atoms with Crippen LogP contribution in [-0.4, -0.2) is 60.8 Å². The number of esters is 2. The Balaban J connectivity index is 1.47. The van der Waals surface area contributed by atoms with Crippen molar-refractivity contribution in [1.82, 2.24) is 0 Å². The lowest BCUT2D eigenvalue weighted by Gasteiger charge is -2.26. The van der Waals surface area contributed by atoms with E-state index in [1.807, 2.05) is 91.1 Å². The van der Waals surface area contributed by atoms with Gasteiger partial charge in [0.2, 0.25) is 0 Å². The number of hydrogen-bond donors (Lipinski definition) is 2. The molecule has 242 valence electrons. The van der Waals surface area contributed by atoms with Gasteiger partial charge < -0.3 is 29.2 Å². The topological polar surface area (TPSA) is 112 Å². The van der Waals surface area contributed by atoms with Crippen molar-refractivity contribution in [2.24, 2.45) is 0 Å². The average molecular weight is 627 g/mol. The lowest BCUT2D eigenvalue weighted by molar-refractivity contribution is -0.143. The zero-order valence-corrected chi connectivity index (χ0v) is 26.5. The van der Waals surface area contributed by atoms with Crippen LogP contribution in [0.1, 0.15) is 31.9 Å². The van der Waals surface area contributed by atoms with E-state index < -0.39 is 24.1 Å². The summed E-state index contributed by atoms with van der Waals surface area (Å²) >= 11 is 0. The van der Waals surface area contributed by atoms with Crippen molar-refractivity contribution < 1.29 is 38.7 Å².